The summed E-state index contributed by atoms with van der Waals surface area (Å²) in [5.74, 6) is 0.578. The molecule has 2 aromatic carbocycles. The van der Waals surface area contributed by atoms with Crippen molar-refractivity contribution in [2.75, 3.05) is 12.4 Å². The number of rotatable bonds is 8. The summed E-state index contributed by atoms with van der Waals surface area (Å²) < 4.78 is 17.5. The minimum Gasteiger partial charge on any atom is -0.390 e. The number of benzene rings is 2. The summed E-state index contributed by atoms with van der Waals surface area (Å²) in [5.41, 5.74) is 1.91. The van der Waals surface area contributed by atoms with Crippen LogP contribution < -0.4 is 0 Å². The molecule has 1 N–H and O–H groups in total. The highest BCUT2D eigenvalue weighted by molar-refractivity contribution is 7.84. The number of halogens is 2. The predicted octanol–water partition coefficient (Wildman–Crippen LogP) is 3.82. The van der Waals surface area contributed by atoms with Gasteiger partial charge in [0.1, 0.15) is 0 Å². The molecule has 0 heterocycles. The van der Waals surface area contributed by atoms with E-state index in [-0.39, 0.29) is 12.4 Å². The van der Waals surface area contributed by atoms with Gasteiger partial charge in [0.15, 0.2) is 0 Å². The van der Waals surface area contributed by atoms with Gasteiger partial charge in [-0.25, -0.2) is 0 Å². The molecule has 2 atom stereocenters. The minimum atomic E-state index is -1.15. The van der Waals surface area contributed by atoms with Crippen molar-refractivity contribution in [2.45, 2.75) is 18.5 Å². The van der Waals surface area contributed by atoms with Crippen molar-refractivity contribution in [1.82, 2.24) is 0 Å². The number of hydrogen-bond donors (Lipinski definition) is 1. The largest absolute Gasteiger partial charge is 0.390 e. The number of hydrogen-bond acceptors (Lipinski definition) is 3. The highest BCUT2D eigenvalue weighted by atomic mass is 35.5. The van der Waals surface area contributed by atoms with Crippen molar-refractivity contribution >= 4 is 34.0 Å². The van der Waals surface area contributed by atoms with E-state index in [4.69, 9.17) is 27.9 Å². The fourth-order valence-corrected chi connectivity index (χ4v) is 3.44. The van der Waals surface area contributed by atoms with Crippen LogP contribution in [0.25, 0.3) is 0 Å². The fraction of sp³-hybridized carbons (Fsp3) is 0.294. The Labute approximate surface area is 148 Å². The monoisotopic (exact) mass is 372 g/mol. The molecule has 6 heteroatoms. The SMILES string of the molecule is O=[S@@](Cc1ccc(Cl)cc1)C[C@@H](O)COCc1ccc(Cl)cc1. The van der Waals surface area contributed by atoms with Gasteiger partial charge in [-0.15, -0.1) is 0 Å². The maximum Gasteiger partial charge on any atom is 0.0888 e. The molecule has 0 aliphatic carbocycles. The van der Waals surface area contributed by atoms with Crippen molar-refractivity contribution in [3.05, 3.63) is 69.7 Å². The van der Waals surface area contributed by atoms with Gasteiger partial charge in [0.2, 0.25) is 0 Å². The van der Waals surface area contributed by atoms with Gasteiger partial charge in [-0.3, -0.25) is 4.21 Å². The van der Waals surface area contributed by atoms with E-state index >= 15 is 0 Å². The normalized spacial score (nSPS) is 13.7. The van der Waals surface area contributed by atoms with Crippen molar-refractivity contribution in [3.63, 3.8) is 0 Å². The van der Waals surface area contributed by atoms with Gasteiger partial charge in [0.25, 0.3) is 0 Å². The molecule has 3 nitrogen and oxygen atoms in total. The Kier molecular flexibility index (Phi) is 7.53. The van der Waals surface area contributed by atoms with Crippen LogP contribution in [0.4, 0.5) is 0 Å². The zero-order valence-corrected chi connectivity index (χ0v) is 14.8. The molecule has 0 unspecified atom stereocenters. The molecule has 0 spiro atoms. The molecule has 0 saturated heterocycles. The summed E-state index contributed by atoms with van der Waals surface area (Å²) >= 11 is 11.6. The fourth-order valence-electron chi connectivity index (χ4n) is 1.98. The molecule has 0 aliphatic rings. The van der Waals surface area contributed by atoms with E-state index in [0.717, 1.165) is 11.1 Å². The summed E-state index contributed by atoms with van der Waals surface area (Å²) in [6, 6.07) is 14.5. The Bertz CT molecular complexity index is 629. The molecule has 0 aliphatic heterocycles. The second-order valence-corrected chi connectivity index (χ2v) is 7.55. The van der Waals surface area contributed by atoms with Crippen LogP contribution in [0.2, 0.25) is 10.0 Å². The Balaban J connectivity index is 1.69. The van der Waals surface area contributed by atoms with Crippen LogP contribution in [0.1, 0.15) is 11.1 Å². The number of ether oxygens (including phenoxy) is 1. The smallest absolute Gasteiger partial charge is 0.0888 e. The second kappa shape index (κ2) is 9.40. The molecule has 2 rings (SSSR count). The van der Waals surface area contributed by atoms with Crippen LogP contribution >= 0.6 is 23.2 Å². The third-order valence-electron chi connectivity index (χ3n) is 3.11. The van der Waals surface area contributed by atoms with E-state index in [0.29, 0.717) is 22.4 Å². The lowest BCUT2D eigenvalue weighted by Gasteiger charge is -2.11. The summed E-state index contributed by atoms with van der Waals surface area (Å²) in [6.07, 6.45) is -0.754. The summed E-state index contributed by atoms with van der Waals surface area (Å²) in [5, 5.41) is 11.2. The van der Waals surface area contributed by atoms with E-state index in [1.807, 2.05) is 24.3 Å². The lowest BCUT2D eigenvalue weighted by Crippen LogP contribution is -2.23. The van der Waals surface area contributed by atoms with E-state index in [1.165, 1.54) is 0 Å². The molecule has 0 aromatic heterocycles. The second-order valence-electron chi connectivity index (χ2n) is 5.17. The van der Waals surface area contributed by atoms with Crippen LogP contribution in [0, 0.1) is 0 Å². The van der Waals surface area contributed by atoms with Gasteiger partial charge in [-0.05, 0) is 35.4 Å². The standard InChI is InChI=1S/C17H18Cl2O3S/c18-15-5-1-13(2-6-15)9-22-10-17(20)12-23(21)11-14-3-7-16(19)8-4-14/h1-8,17,20H,9-12H2/t17-,23-/m0/s1. The van der Waals surface area contributed by atoms with Gasteiger partial charge in [-0.1, -0.05) is 47.5 Å². The van der Waals surface area contributed by atoms with E-state index in [9.17, 15) is 9.32 Å². The van der Waals surface area contributed by atoms with E-state index < -0.39 is 16.9 Å². The third kappa shape index (κ3) is 7.02. The van der Waals surface area contributed by atoms with Crippen molar-refractivity contribution in [3.8, 4) is 0 Å². The minimum absolute atomic E-state index is 0.148. The maximum atomic E-state index is 12.0. The average molecular weight is 373 g/mol. The van der Waals surface area contributed by atoms with Crippen LogP contribution in [0.5, 0.6) is 0 Å². The first-order valence-corrected chi connectivity index (χ1v) is 9.37. The van der Waals surface area contributed by atoms with E-state index in [1.54, 1.807) is 24.3 Å². The number of aliphatic hydroxyl groups excluding tert-OH is 1. The van der Waals surface area contributed by atoms with Crippen molar-refractivity contribution < 1.29 is 14.1 Å². The van der Waals surface area contributed by atoms with Crippen molar-refractivity contribution in [2.24, 2.45) is 0 Å². The Hall–Kier alpha value is -0.910. The van der Waals surface area contributed by atoms with Gasteiger partial charge < -0.3 is 9.84 Å². The lowest BCUT2D eigenvalue weighted by molar-refractivity contribution is 0.0394. The summed E-state index contributed by atoms with van der Waals surface area (Å²) in [4.78, 5) is 0. The molecule has 124 valence electrons. The van der Waals surface area contributed by atoms with Crippen molar-refractivity contribution in [1.29, 1.82) is 0 Å². The Morgan fingerprint density at radius 3 is 2.04 bits per heavy atom. The molecule has 0 bridgehead atoms. The molecule has 0 radical (unpaired) electrons. The zero-order valence-electron chi connectivity index (χ0n) is 12.5. The molecule has 0 amide bonds. The van der Waals surface area contributed by atoms with Gasteiger partial charge >= 0.3 is 0 Å². The first-order valence-electron chi connectivity index (χ1n) is 7.12. The van der Waals surface area contributed by atoms with Gasteiger partial charge in [-0.2, -0.15) is 0 Å². The number of aliphatic hydroxyl groups is 1. The van der Waals surface area contributed by atoms with E-state index in [2.05, 4.69) is 0 Å². The summed E-state index contributed by atoms with van der Waals surface area (Å²) in [6.45, 7) is 0.535. The maximum absolute atomic E-state index is 12.0. The highest BCUT2D eigenvalue weighted by Gasteiger charge is 2.10. The molecule has 23 heavy (non-hydrogen) atoms. The third-order valence-corrected chi connectivity index (χ3v) is 5.03. The predicted molar refractivity (Wildman–Crippen MR) is 95.3 cm³/mol. The molecule has 0 saturated carbocycles. The van der Waals surface area contributed by atoms with Gasteiger partial charge in [0.05, 0.1) is 25.1 Å². The average Bonchev–Trinajstić information content (AvgIpc) is 2.51. The quantitative estimate of drug-likeness (QED) is 0.765. The lowest BCUT2D eigenvalue weighted by atomic mass is 10.2. The first kappa shape index (κ1) is 18.4. The zero-order chi connectivity index (χ0) is 16.7. The van der Waals surface area contributed by atoms with Gasteiger partial charge in [0, 0.05) is 26.6 Å². The Morgan fingerprint density at radius 1 is 0.957 bits per heavy atom. The van der Waals surface area contributed by atoms with Crippen LogP contribution in [0.15, 0.2) is 48.5 Å². The Morgan fingerprint density at radius 2 is 1.48 bits per heavy atom. The molecule has 0 fully saturated rings. The first-order chi connectivity index (χ1) is 11.0. The van der Waals surface area contributed by atoms with Crippen LogP contribution in [-0.2, 0) is 27.9 Å². The molecule has 2 aromatic rings. The van der Waals surface area contributed by atoms with Crippen LogP contribution in [0.3, 0.4) is 0 Å². The van der Waals surface area contributed by atoms with Crippen LogP contribution in [-0.4, -0.2) is 27.8 Å². The summed E-state index contributed by atoms with van der Waals surface area (Å²) in [7, 11) is -1.15. The molecular weight excluding hydrogens is 355 g/mol. The molecular formula is C17H18Cl2O3S. The topological polar surface area (TPSA) is 46.5 Å². The highest BCUT2D eigenvalue weighted by Crippen LogP contribution is 2.12.